The number of benzene rings is 1. The van der Waals surface area contributed by atoms with E-state index in [1.165, 1.54) is 0 Å². The first-order chi connectivity index (χ1) is 9.54. The summed E-state index contributed by atoms with van der Waals surface area (Å²) in [6, 6.07) is 6.30. The Morgan fingerprint density at radius 3 is 2.75 bits per heavy atom. The number of rotatable bonds is 5. The van der Waals surface area contributed by atoms with Crippen LogP contribution < -0.4 is 5.32 Å². The summed E-state index contributed by atoms with van der Waals surface area (Å²) in [5, 5.41) is 19.1. The molecule has 0 radical (unpaired) electrons. The number of aromatic amines is 1. The second kappa shape index (κ2) is 5.73. The number of carboxylic acids is 1. The number of carbonyl (C=O) groups is 2. The van der Waals surface area contributed by atoms with Crippen LogP contribution in [0.5, 0.6) is 0 Å². The Morgan fingerprint density at radius 1 is 1.40 bits per heavy atom. The van der Waals surface area contributed by atoms with Crippen molar-refractivity contribution in [2.75, 3.05) is 0 Å². The number of carboxylic acid groups (broad SMARTS) is 1. The van der Waals surface area contributed by atoms with E-state index in [0.29, 0.717) is 11.8 Å². The first-order valence-electron chi connectivity index (χ1n) is 6.51. The number of aromatic nitrogens is 2. The monoisotopic (exact) mass is 275 g/mol. The standard InChI is InChI=1S/C14H17N3O3/c1-3-8(2)11(14(19)20)15-13(18)12-9-6-4-5-7-10(9)16-17-12/h4-8,11H,3H2,1-2H3,(H,15,18)(H,16,17)(H,19,20)/t8-,11-/m0/s1. The maximum absolute atomic E-state index is 12.2. The molecule has 1 heterocycles. The van der Waals surface area contributed by atoms with Gasteiger partial charge in [-0.05, 0) is 12.0 Å². The molecule has 1 aromatic carbocycles. The van der Waals surface area contributed by atoms with Crippen molar-refractivity contribution in [1.29, 1.82) is 0 Å². The second-order valence-corrected chi connectivity index (χ2v) is 4.79. The lowest BCUT2D eigenvalue weighted by Crippen LogP contribution is -2.45. The number of aliphatic carboxylic acids is 1. The van der Waals surface area contributed by atoms with Crippen molar-refractivity contribution >= 4 is 22.8 Å². The molecule has 2 rings (SSSR count). The van der Waals surface area contributed by atoms with Crippen molar-refractivity contribution in [1.82, 2.24) is 15.5 Å². The summed E-state index contributed by atoms with van der Waals surface area (Å²) in [6.45, 7) is 3.68. The van der Waals surface area contributed by atoms with E-state index >= 15 is 0 Å². The van der Waals surface area contributed by atoms with E-state index < -0.39 is 17.9 Å². The van der Waals surface area contributed by atoms with Crippen LogP contribution in [-0.4, -0.2) is 33.2 Å². The van der Waals surface area contributed by atoms with Crippen LogP contribution in [0.3, 0.4) is 0 Å². The van der Waals surface area contributed by atoms with Crippen molar-refractivity contribution in [3.05, 3.63) is 30.0 Å². The summed E-state index contributed by atoms with van der Waals surface area (Å²) in [4.78, 5) is 23.4. The fourth-order valence-electron chi connectivity index (χ4n) is 2.03. The first kappa shape index (κ1) is 14.0. The highest BCUT2D eigenvalue weighted by Crippen LogP contribution is 2.16. The van der Waals surface area contributed by atoms with Gasteiger partial charge in [0.25, 0.3) is 5.91 Å². The van der Waals surface area contributed by atoms with Crippen LogP contribution in [0, 0.1) is 5.92 Å². The molecule has 0 spiro atoms. The zero-order valence-corrected chi connectivity index (χ0v) is 11.4. The topological polar surface area (TPSA) is 95.1 Å². The van der Waals surface area contributed by atoms with Gasteiger partial charge >= 0.3 is 5.97 Å². The smallest absolute Gasteiger partial charge is 0.326 e. The number of amides is 1. The summed E-state index contributed by atoms with van der Waals surface area (Å²) >= 11 is 0. The predicted octanol–water partition coefficient (Wildman–Crippen LogP) is 1.79. The van der Waals surface area contributed by atoms with Crippen LogP contribution in [0.2, 0.25) is 0 Å². The number of para-hydroxylation sites is 1. The van der Waals surface area contributed by atoms with E-state index in [4.69, 9.17) is 0 Å². The zero-order chi connectivity index (χ0) is 14.7. The Labute approximate surface area is 116 Å². The van der Waals surface area contributed by atoms with E-state index in [0.717, 1.165) is 5.52 Å². The lowest BCUT2D eigenvalue weighted by Gasteiger charge is -2.19. The van der Waals surface area contributed by atoms with E-state index in [1.807, 2.05) is 19.1 Å². The van der Waals surface area contributed by atoms with Gasteiger partial charge in [0.1, 0.15) is 6.04 Å². The van der Waals surface area contributed by atoms with Gasteiger partial charge in [0, 0.05) is 5.39 Å². The highest BCUT2D eigenvalue weighted by atomic mass is 16.4. The van der Waals surface area contributed by atoms with Crippen LogP contribution in [0.15, 0.2) is 24.3 Å². The molecule has 1 amide bonds. The molecule has 0 aliphatic carbocycles. The van der Waals surface area contributed by atoms with E-state index in [-0.39, 0.29) is 11.6 Å². The molecule has 0 fully saturated rings. The number of hydrogen-bond acceptors (Lipinski definition) is 3. The molecule has 3 N–H and O–H groups in total. The fourth-order valence-corrected chi connectivity index (χ4v) is 2.03. The number of fused-ring (bicyclic) bond motifs is 1. The van der Waals surface area contributed by atoms with Gasteiger partial charge < -0.3 is 10.4 Å². The summed E-state index contributed by atoms with van der Waals surface area (Å²) < 4.78 is 0. The lowest BCUT2D eigenvalue weighted by molar-refractivity contribution is -0.140. The van der Waals surface area contributed by atoms with Crippen LogP contribution in [-0.2, 0) is 4.79 Å². The molecule has 106 valence electrons. The number of carbonyl (C=O) groups excluding carboxylic acids is 1. The van der Waals surface area contributed by atoms with Gasteiger partial charge in [0.05, 0.1) is 5.52 Å². The van der Waals surface area contributed by atoms with Crippen LogP contribution in [0.25, 0.3) is 10.9 Å². The fraction of sp³-hybridized carbons (Fsp3) is 0.357. The largest absolute Gasteiger partial charge is 0.480 e. The second-order valence-electron chi connectivity index (χ2n) is 4.79. The van der Waals surface area contributed by atoms with Crippen molar-refractivity contribution in [2.45, 2.75) is 26.3 Å². The highest BCUT2D eigenvalue weighted by molar-refractivity contribution is 6.05. The molecule has 6 heteroatoms. The molecular weight excluding hydrogens is 258 g/mol. The minimum Gasteiger partial charge on any atom is -0.480 e. The Bertz CT molecular complexity index is 635. The van der Waals surface area contributed by atoms with Gasteiger partial charge in [0.2, 0.25) is 0 Å². The number of nitrogens with one attached hydrogen (secondary N) is 2. The molecule has 0 unspecified atom stereocenters. The molecule has 0 aliphatic rings. The Morgan fingerprint density at radius 2 is 2.10 bits per heavy atom. The van der Waals surface area contributed by atoms with E-state index in [1.54, 1.807) is 19.1 Å². The van der Waals surface area contributed by atoms with Crippen molar-refractivity contribution in [2.24, 2.45) is 5.92 Å². The Kier molecular flexibility index (Phi) is 4.02. The average Bonchev–Trinajstić information content (AvgIpc) is 2.87. The number of H-pyrrole nitrogens is 1. The molecule has 0 bridgehead atoms. The molecule has 0 saturated heterocycles. The van der Waals surface area contributed by atoms with Crippen LogP contribution in [0.4, 0.5) is 0 Å². The molecule has 2 aromatic rings. The van der Waals surface area contributed by atoms with Gasteiger partial charge in [0.15, 0.2) is 5.69 Å². The molecule has 0 saturated carbocycles. The maximum atomic E-state index is 12.2. The molecular formula is C14H17N3O3. The SMILES string of the molecule is CC[C@H](C)[C@H](NC(=O)c1n[nH]c2ccccc12)C(=O)O. The Hall–Kier alpha value is -2.37. The molecule has 6 nitrogen and oxygen atoms in total. The predicted molar refractivity (Wildman–Crippen MR) is 74.4 cm³/mol. The summed E-state index contributed by atoms with van der Waals surface area (Å²) in [7, 11) is 0. The number of hydrogen-bond donors (Lipinski definition) is 3. The third-order valence-corrected chi connectivity index (χ3v) is 3.45. The first-order valence-corrected chi connectivity index (χ1v) is 6.51. The Balaban J connectivity index is 2.25. The molecule has 1 aromatic heterocycles. The average molecular weight is 275 g/mol. The van der Waals surface area contributed by atoms with Crippen LogP contribution >= 0.6 is 0 Å². The van der Waals surface area contributed by atoms with E-state index in [9.17, 15) is 14.7 Å². The highest BCUT2D eigenvalue weighted by Gasteiger charge is 2.27. The minimum atomic E-state index is -1.03. The number of nitrogens with zero attached hydrogens (tertiary/aromatic N) is 1. The van der Waals surface area contributed by atoms with Crippen LogP contribution in [0.1, 0.15) is 30.8 Å². The van der Waals surface area contributed by atoms with Gasteiger partial charge in [-0.25, -0.2) is 4.79 Å². The maximum Gasteiger partial charge on any atom is 0.326 e. The van der Waals surface area contributed by atoms with Gasteiger partial charge in [-0.1, -0.05) is 38.5 Å². The third-order valence-electron chi connectivity index (χ3n) is 3.45. The minimum absolute atomic E-state index is 0.151. The van der Waals surface area contributed by atoms with Crippen molar-refractivity contribution < 1.29 is 14.7 Å². The summed E-state index contributed by atoms with van der Waals surface area (Å²) in [5.41, 5.74) is 0.961. The molecule has 20 heavy (non-hydrogen) atoms. The zero-order valence-electron chi connectivity index (χ0n) is 11.4. The van der Waals surface area contributed by atoms with Gasteiger partial charge in [-0.3, -0.25) is 9.89 Å². The van der Waals surface area contributed by atoms with Crippen molar-refractivity contribution in [3.8, 4) is 0 Å². The van der Waals surface area contributed by atoms with Gasteiger partial charge in [-0.15, -0.1) is 0 Å². The molecule has 2 atom stereocenters. The quantitative estimate of drug-likeness (QED) is 0.775. The summed E-state index contributed by atoms with van der Waals surface area (Å²) in [6.07, 6.45) is 0.665. The summed E-state index contributed by atoms with van der Waals surface area (Å²) in [5.74, 6) is -1.66. The third kappa shape index (κ3) is 2.64. The van der Waals surface area contributed by atoms with E-state index in [2.05, 4.69) is 15.5 Å². The van der Waals surface area contributed by atoms with Gasteiger partial charge in [-0.2, -0.15) is 5.10 Å². The molecule has 0 aliphatic heterocycles. The lowest BCUT2D eigenvalue weighted by atomic mass is 9.99. The normalized spacial score (nSPS) is 13.9. The van der Waals surface area contributed by atoms with Crippen molar-refractivity contribution in [3.63, 3.8) is 0 Å².